The molecule has 166 valence electrons. The smallest absolute Gasteiger partial charge is 0.339 e. The molecule has 0 spiro atoms. The second-order valence-electron chi connectivity index (χ2n) is 6.97. The number of hydrogen-bond acceptors (Lipinski definition) is 6. The van der Waals surface area contributed by atoms with Crippen LogP contribution in [0, 0.1) is 13.8 Å². The zero-order chi connectivity index (χ0) is 23.3. The van der Waals surface area contributed by atoms with Gasteiger partial charge >= 0.3 is 5.97 Å². The molecule has 0 aliphatic heterocycles. The fourth-order valence-electron chi connectivity index (χ4n) is 3.40. The van der Waals surface area contributed by atoms with E-state index in [1.807, 2.05) is 36.6 Å². The average Bonchev–Trinajstić information content (AvgIpc) is 3.10. The van der Waals surface area contributed by atoms with Crippen LogP contribution in [0.5, 0.6) is 11.5 Å². The van der Waals surface area contributed by atoms with Crippen LogP contribution in [-0.4, -0.2) is 44.0 Å². The molecule has 1 heterocycles. The molecule has 0 radical (unpaired) electrons. The van der Waals surface area contributed by atoms with Crippen LogP contribution < -0.4 is 14.9 Å². The van der Waals surface area contributed by atoms with Gasteiger partial charge in [-0.15, -0.1) is 0 Å². The monoisotopic (exact) mass is 435 g/mol. The first-order chi connectivity index (χ1) is 15.4. The molecule has 3 rings (SSSR count). The van der Waals surface area contributed by atoms with Crippen LogP contribution in [0.4, 0.5) is 0 Å². The number of ether oxygens (including phenoxy) is 3. The van der Waals surface area contributed by atoms with Gasteiger partial charge in [-0.05, 0) is 44.2 Å². The Kier molecular flexibility index (Phi) is 6.94. The summed E-state index contributed by atoms with van der Waals surface area (Å²) in [6.07, 6.45) is 1.56. The molecule has 0 unspecified atom stereocenters. The Hall–Kier alpha value is -4.07. The van der Waals surface area contributed by atoms with Gasteiger partial charge in [0.25, 0.3) is 5.91 Å². The molecule has 0 fully saturated rings. The predicted molar refractivity (Wildman–Crippen MR) is 121 cm³/mol. The number of rotatable bonds is 7. The summed E-state index contributed by atoms with van der Waals surface area (Å²) in [7, 11) is 4.39. The van der Waals surface area contributed by atoms with E-state index in [0.29, 0.717) is 28.3 Å². The van der Waals surface area contributed by atoms with Gasteiger partial charge < -0.3 is 18.8 Å². The number of esters is 1. The van der Waals surface area contributed by atoms with E-state index in [0.717, 1.165) is 17.0 Å². The number of hydrazone groups is 1. The van der Waals surface area contributed by atoms with Crippen LogP contribution >= 0.6 is 0 Å². The minimum Gasteiger partial charge on any atom is -0.497 e. The SMILES string of the molecule is COC(=O)c1ccccc1-n1c(C)cc(/C=N\NC(=O)c2cc(OC)cc(OC)c2)c1C. The van der Waals surface area contributed by atoms with Gasteiger partial charge in [0.15, 0.2) is 0 Å². The summed E-state index contributed by atoms with van der Waals surface area (Å²) in [6.45, 7) is 3.84. The number of carbonyl (C=O) groups is 2. The Morgan fingerprint density at radius 1 is 0.969 bits per heavy atom. The first-order valence-corrected chi connectivity index (χ1v) is 9.82. The number of aryl methyl sites for hydroxylation is 1. The van der Waals surface area contributed by atoms with Crippen LogP contribution in [0.2, 0.25) is 0 Å². The highest BCUT2D eigenvalue weighted by atomic mass is 16.5. The Morgan fingerprint density at radius 2 is 1.62 bits per heavy atom. The fourth-order valence-corrected chi connectivity index (χ4v) is 3.40. The van der Waals surface area contributed by atoms with E-state index in [-0.39, 0.29) is 0 Å². The molecule has 0 aliphatic carbocycles. The standard InChI is InChI=1S/C24H25N3O5/c1-15-10-18(16(2)27(15)22-9-7-6-8-21(22)24(29)32-5)14-25-26-23(28)17-11-19(30-3)13-20(12-17)31-4/h6-14H,1-5H3,(H,26,28)/b25-14-. The molecule has 1 N–H and O–H groups in total. The number of nitrogens with zero attached hydrogens (tertiary/aromatic N) is 2. The number of aromatic nitrogens is 1. The van der Waals surface area contributed by atoms with E-state index >= 15 is 0 Å². The predicted octanol–water partition coefficient (Wildman–Crippen LogP) is 3.66. The maximum atomic E-state index is 12.5. The van der Waals surface area contributed by atoms with E-state index in [2.05, 4.69) is 10.5 Å². The van der Waals surface area contributed by atoms with Crippen molar-refractivity contribution in [3.8, 4) is 17.2 Å². The van der Waals surface area contributed by atoms with Crippen molar-refractivity contribution >= 4 is 18.1 Å². The van der Waals surface area contributed by atoms with E-state index in [1.165, 1.54) is 21.3 Å². The number of nitrogens with one attached hydrogen (secondary N) is 1. The van der Waals surface area contributed by atoms with Crippen molar-refractivity contribution in [2.24, 2.45) is 5.10 Å². The number of para-hydroxylation sites is 1. The van der Waals surface area contributed by atoms with Crippen molar-refractivity contribution in [2.75, 3.05) is 21.3 Å². The van der Waals surface area contributed by atoms with Crippen molar-refractivity contribution < 1.29 is 23.8 Å². The lowest BCUT2D eigenvalue weighted by Gasteiger charge is -2.13. The zero-order valence-electron chi connectivity index (χ0n) is 18.6. The Balaban J connectivity index is 1.85. The number of hydrogen-bond donors (Lipinski definition) is 1. The van der Waals surface area contributed by atoms with Gasteiger partial charge in [-0.25, -0.2) is 10.2 Å². The van der Waals surface area contributed by atoms with Crippen LogP contribution in [0.25, 0.3) is 5.69 Å². The minimum atomic E-state index is -0.413. The second kappa shape index (κ2) is 9.82. The lowest BCUT2D eigenvalue weighted by atomic mass is 10.1. The summed E-state index contributed by atoms with van der Waals surface area (Å²) >= 11 is 0. The van der Waals surface area contributed by atoms with Gasteiger partial charge in [-0.3, -0.25) is 4.79 Å². The largest absolute Gasteiger partial charge is 0.497 e. The van der Waals surface area contributed by atoms with E-state index in [1.54, 1.807) is 36.5 Å². The van der Waals surface area contributed by atoms with Gasteiger partial charge in [-0.2, -0.15) is 5.10 Å². The second-order valence-corrected chi connectivity index (χ2v) is 6.97. The number of carbonyl (C=O) groups excluding carboxylic acids is 2. The number of amides is 1. The third-order valence-corrected chi connectivity index (χ3v) is 5.00. The van der Waals surface area contributed by atoms with Crippen molar-refractivity contribution in [2.45, 2.75) is 13.8 Å². The average molecular weight is 435 g/mol. The zero-order valence-corrected chi connectivity index (χ0v) is 18.6. The van der Waals surface area contributed by atoms with Crippen molar-refractivity contribution in [1.82, 2.24) is 9.99 Å². The molecule has 1 amide bonds. The van der Waals surface area contributed by atoms with Crippen LogP contribution in [-0.2, 0) is 4.74 Å². The first-order valence-electron chi connectivity index (χ1n) is 9.82. The molecule has 8 nitrogen and oxygen atoms in total. The van der Waals surface area contributed by atoms with Gasteiger partial charge in [0.05, 0.1) is 38.8 Å². The highest BCUT2D eigenvalue weighted by Gasteiger charge is 2.17. The molecular weight excluding hydrogens is 410 g/mol. The molecule has 0 saturated carbocycles. The molecular formula is C24H25N3O5. The van der Waals surface area contributed by atoms with E-state index in [4.69, 9.17) is 14.2 Å². The third-order valence-electron chi connectivity index (χ3n) is 5.00. The van der Waals surface area contributed by atoms with Crippen molar-refractivity contribution in [3.05, 3.63) is 76.6 Å². The summed E-state index contributed by atoms with van der Waals surface area (Å²) in [5, 5.41) is 4.10. The van der Waals surface area contributed by atoms with Gasteiger partial charge in [0.2, 0.25) is 0 Å². The molecule has 2 aromatic carbocycles. The normalized spacial score (nSPS) is 10.8. The maximum absolute atomic E-state index is 12.5. The number of methoxy groups -OCH3 is 3. The first kappa shape index (κ1) is 22.6. The van der Waals surface area contributed by atoms with E-state index < -0.39 is 11.9 Å². The quantitative estimate of drug-likeness (QED) is 0.347. The summed E-state index contributed by atoms with van der Waals surface area (Å²) in [5.41, 5.74) is 6.61. The lowest BCUT2D eigenvalue weighted by molar-refractivity contribution is 0.0600. The molecule has 0 atom stereocenters. The van der Waals surface area contributed by atoms with Crippen LogP contribution in [0.1, 0.15) is 37.7 Å². The Bertz CT molecular complexity index is 1160. The third kappa shape index (κ3) is 4.64. The van der Waals surface area contributed by atoms with Crippen molar-refractivity contribution in [1.29, 1.82) is 0 Å². The summed E-state index contributed by atoms with van der Waals surface area (Å²) in [6, 6.07) is 14.0. The molecule has 32 heavy (non-hydrogen) atoms. The maximum Gasteiger partial charge on any atom is 0.339 e. The van der Waals surface area contributed by atoms with Gasteiger partial charge in [-0.1, -0.05) is 12.1 Å². The molecule has 8 heteroatoms. The summed E-state index contributed by atoms with van der Waals surface area (Å²) < 4.78 is 17.2. The van der Waals surface area contributed by atoms with E-state index in [9.17, 15) is 9.59 Å². The van der Waals surface area contributed by atoms with Gasteiger partial charge in [0.1, 0.15) is 11.5 Å². The van der Waals surface area contributed by atoms with Crippen LogP contribution in [0.3, 0.4) is 0 Å². The summed E-state index contributed by atoms with van der Waals surface area (Å²) in [5.74, 6) is 0.199. The van der Waals surface area contributed by atoms with Crippen molar-refractivity contribution in [3.63, 3.8) is 0 Å². The molecule has 3 aromatic rings. The Morgan fingerprint density at radius 3 is 2.25 bits per heavy atom. The molecule has 1 aromatic heterocycles. The Labute approximate surface area is 186 Å². The fraction of sp³-hybridized carbons (Fsp3) is 0.208. The topological polar surface area (TPSA) is 91.2 Å². The minimum absolute atomic E-state index is 0.357. The molecule has 0 saturated heterocycles. The highest BCUT2D eigenvalue weighted by Crippen LogP contribution is 2.24. The number of benzene rings is 2. The lowest BCUT2D eigenvalue weighted by Crippen LogP contribution is -2.17. The molecule has 0 bridgehead atoms. The van der Waals surface area contributed by atoms with Crippen LogP contribution in [0.15, 0.2) is 53.6 Å². The molecule has 0 aliphatic rings. The summed E-state index contributed by atoms with van der Waals surface area (Å²) in [4.78, 5) is 24.7. The highest BCUT2D eigenvalue weighted by molar-refractivity contribution is 5.96. The van der Waals surface area contributed by atoms with Gasteiger partial charge in [0, 0.05) is 28.6 Å².